The summed E-state index contributed by atoms with van der Waals surface area (Å²) in [6, 6.07) is 22.6. The van der Waals surface area contributed by atoms with E-state index in [1.807, 2.05) is 36.4 Å². The van der Waals surface area contributed by atoms with Crippen molar-refractivity contribution in [2.24, 2.45) is 11.3 Å². The van der Waals surface area contributed by atoms with Crippen LogP contribution in [0, 0.1) is 11.3 Å². The Morgan fingerprint density at radius 2 is 1.68 bits per heavy atom. The minimum Gasteiger partial charge on any atom is -0.497 e. The van der Waals surface area contributed by atoms with Crippen molar-refractivity contribution in [1.82, 2.24) is 0 Å². The van der Waals surface area contributed by atoms with Crippen molar-refractivity contribution in [3.05, 3.63) is 83.4 Å². The number of hydrogen-bond acceptors (Lipinski definition) is 4. The first-order valence-corrected chi connectivity index (χ1v) is 15.6. The molecule has 4 rings (SSSR count). The van der Waals surface area contributed by atoms with E-state index in [9.17, 15) is 9.46 Å². The average Bonchev–Trinajstić information content (AvgIpc) is 3.71. The summed E-state index contributed by atoms with van der Waals surface area (Å²) in [5, 5.41) is 0. The Bertz CT molecular complexity index is 1290. The fourth-order valence-electron chi connectivity index (χ4n) is 5.31. The van der Waals surface area contributed by atoms with Crippen LogP contribution in [-0.2, 0) is 15.9 Å². The van der Waals surface area contributed by atoms with Gasteiger partial charge >= 0.3 is 0 Å². The first kappa shape index (κ1) is 28.4. The summed E-state index contributed by atoms with van der Waals surface area (Å²) >= 11 is 0. The predicted octanol–water partition coefficient (Wildman–Crippen LogP) is 8.07. The van der Waals surface area contributed by atoms with Gasteiger partial charge in [-0.2, -0.15) is 0 Å². The van der Waals surface area contributed by atoms with Gasteiger partial charge in [0.2, 0.25) is 0 Å². The molecule has 38 heavy (non-hydrogen) atoms. The predicted molar refractivity (Wildman–Crippen MR) is 154 cm³/mol. The molecule has 1 N–H and O–H groups in total. The summed E-state index contributed by atoms with van der Waals surface area (Å²) < 4.78 is 29.9. The van der Waals surface area contributed by atoms with E-state index in [-0.39, 0.29) is 17.4 Å². The first-order chi connectivity index (χ1) is 18.0. The number of ether oxygens (including phenoxy) is 3. The molecule has 1 aliphatic carbocycles. The normalized spacial score (nSPS) is 16.9. The largest absolute Gasteiger partial charge is 0.497 e. The SMILES string of the molecule is COc1cccc(-c2ccc(COc3cccc(C(CP(C)(=O)O)C4CC4)c3)cc2C(OC)C(C)(C)C)c1. The fraction of sp³-hybridized carbons (Fsp3) is 0.438. The van der Waals surface area contributed by atoms with Crippen LogP contribution in [0.15, 0.2) is 66.7 Å². The van der Waals surface area contributed by atoms with Gasteiger partial charge in [-0.3, -0.25) is 4.57 Å². The summed E-state index contributed by atoms with van der Waals surface area (Å²) in [5.41, 5.74) is 5.32. The summed E-state index contributed by atoms with van der Waals surface area (Å²) in [7, 11) is 0.335. The quantitative estimate of drug-likeness (QED) is 0.251. The standard InChI is InChI=1S/C32H41O5P/c1-32(2,3)31(36-5)29-17-22(13-16-28(29)24-9-7-11-26(18-24)35-4)20-37-27-12-8-10-25(19-27)30(23-14-15-23)21-38(6,33)34/h7-13,16-19,23,30-31H,14-15,20-21H2,1-6H3,(H,33,34). The molecule has 0 heterocycles. The van der Waals surface area contributed by atoms with Gasteiger partial charge in [0.1, 0.15) is 18.1 Å². The molecule has 3 aromatic rings. The van der Waals surface area contributed by atoms with Crippen LogP contribution in [0.4, 0.5) is 0 Å². The smallest absolute Gasteiger partial charge is 0.198 e. The van der Waals surface area contributed by atoms with Crippen molar-refractivity contribution in [3.63, 3.8) is 0 Å². The lowest BCUT2D eigenvalue weighted by molar-refractivity contribution is 0.0155. The van der Waals surface area contributed by atoms with Crippen molar-refractivity contribution in [1.29, 1.82) is 0 Å². The van der Waals surface area contributed by atoms with Crippen LogP contribution in [0.5, 0.6) is 11.5 Å². The summed E-state index contributed by atoms with van der Waals surface area (Å²) in [6.45, 7) is 8.42. The average molecular weight is 537 g/mol. The van der Waals surface area contributed by atoms with Gasteiger partial charge in [-0.15, -0.1) is 0 Å². The van der Waals surface area contributed by atoms with Crippen LogP contribution in [0.2, 0.25) is 0 Å². The monoisotopic (exact) mass is 536 g/mol. The number of hydrogen-bond donors (Lipinski definition) is 1. The lowest BCUT2D eigenvalue weighted by Crippen LogP contribution is -2.21. The molecule has 0 bridgehead atoms. The Labute approximate surface area is 227 Å². The number of rotatable bonds is 11. The van der Waals surface area contributed by atoms with Crippen molar-refractivity contribution >= 4 is 7.37 Å². The molecule has 3 atom stereocenters. The highest BCUT2D eigenvalue weighted by Crippen LogP contribution is 2.51. The van der Waals surface area contributed by atoms with Crippen LogP contribution in [0.3, 0.4) is 0 Å². The zero-order chi connectivity index (χ0) is 27.5. The molecule has 1 saturated carbocycles. The molecule has 0 amide bonds. The van der Waals surface area contributed by atoms with Gasteiger partial charge < -0.3 is 19.1 Å². The second-order valence-electron chi connectivity index (χ2n) is 11.7. The van der Waals surface area contributed by atoms with Gasteiger partial charge in [0.15, 0.2) is 7.37 Å². The number of methoxy groups -OCH3 is 2. The van der Waals surface area contributed by atoms with E-state index < -0.39 is 7.37 Å². The Morgan fingerprint density at radius 1 is 0.974 bits per heavy atom. The highest BCUT2D eigenvalue weighted by Gasteiger charge is 2.35. The highest BCUT2D eigenvalue weighted by atomic mass is 31.2. The van der Waals surface area contributed by atoms with Crippen LogP contribution in [0.25, 0.3) is 11.1 Å². The van der Waals surface area contributed by atoms with E-state index >= 15 is 0 Å². The van der Waals surface area contributed by atoms with Crippen molar-refractivity contribution in [2.45, 2.75) is 52.2 Å². The van der Waals surface area contributed by atoms with Gasteiger partial charge in [0.25, 0.3) is 0 Å². The van der Waals surface area contributed by atoms with Gasteiger partial charge in [-0.05, 0) is 88.2 Å². The van der Waals surface area contributed by atoms with Gasteiger partial charge in [0, 0.05) is 19.9 Å². The molecule has 5 nitrogen and oxygen atoms in total. The van der Waals surface area contributed by atoms with Crippen LogP contribution >= 0.6 is 7.37 Å². The zero-order valence-corrected chi connectivity index (χ0v) is 24.3. The molecule has 3 aromatic carbocycles. The molecule has 0 aliphatic heterocycles. The third-order valence-corrected chi connectivity index (χ3v) is 8.29. The third kappa shape index (κ3) is 7.28. The Hall–Kier alpha value is -2.59. The maximum Gasteiger partial charge on any atom is 0.198 e. The van der Waals surface area contributed by atoms with Crippen LogP contribution < -0.4 is 9.47 Å². The fourth-order valence-corrected chi connectivity index (χ4v) is 6.55. The van der Waals surface area contributed by atoms with E-state index in [1.54, 1.807) is 14.2 Å². The zero-order valence-electron chi connectivity index (χ0n) is 23.4. The highest BCUT2D eigenvalue weighted by molar-refractivity contribution is 7.57. The van der Waals surface area contributed by atoms with Gasteiger partial charge in [-0.25, -0.2) is 0 Å². The maximum atomic E-state index is 12.2. The summed E-state index contributed by atoms with van der Waals surface area (Å²) in [5.74, 6) is 2.17. The van der Waals surface area contributed by atoms with Crippen molar-refractivity contribution in [3.8, 4) is 22.6 Å². The van der Waals surface area contributed by atoms with E-state index in [0.29, 0.717) is 18.7 Å². The molecule has 0 spiro atoms. The second-order valence-corrected chi connectivity index (χ2v) is 14.1. The maximum absolute atomic E-state index is 12.2. The Kier molecular flexibility index (Phi) is 8.72. The molecule has 1 aliphatic rings. The van der Waals surface area contributed by atoms with Gasteiger partial charge in [0.05, 0.1) is 13.2 Å². The molecule has 3 unspecified atom stereocenters. The minimum absolute atomic E-state index is 0.0994. The molecule has 6 heteroatoms. The molecule has 0 saturated heterocycles. The van der Waals surface area contributed by atoms with Crippen molar-refractivity contribution in [2.75, 3.05) is 27.0 Å². The van der Waals surface area contributed by atoms with E-state index in [0.717, 1.165) is 52.2 Å². The van der Waals surface area contributed by atoms with E-state index in [2.05, 4.69) is 51.1 Å². The minimum atomic E-state index is -3.11. The third-order valence-electron chi connectivity index (χ3n) is 7.22. The molecular weight excluding hydrogens is 495 g/mol. The molecule has 0 aromatic heterocycles. The lowest BCUT2D eigenvalue weighted by Gasteiger charge is -2.32. The molecule has 0 radical (unpaired) electrons. The Morgan fingerprint density at radius 3 is 2.32 bits per heavy atom. The lowest BCUT2D eigenvalue weighted by atomic mass is 9.81. The Balaban J connectivity index is 1.61. The molecule has 1 fully saturated rings. The van der Waals surface area contributed by atoms with Gasteiger partial charge in [-0.1, -0.05) is 57.2 Å². The van der Waals surface area contributed by atoms with E-state index in [4.69, 9.17) is 14.2 Å². The summed E-state index contributed by atoms with van der Waals surface area (Å²) in [6.07, 6.45) is 2.44. The second kappa shape index (κ2) is 11.7. The van der Waals surface area contributed by atoms with Crippen LogP contribution in [0.1, 0.15) is 62.3 Å². The summed E-state index contributed by atoms with van der Waals surface area (Å²) in [4.78, 5) is 10.0. The van der Waals surface area contributed by atoms with Crippen LogP contribution in [-0.4, -0.2) is 31.9 Å². The molecular formula is C32H41O5P. The first-order valence-electron chi connectivity index (χ1n) is 13.3. The number of benzene rings is 3. The van der Waals surface area contributed by atoms with Crippen molar-refractivity contribution < 1.29 is 23.7 Å². The topological polar surface area (TPSA) is 65.0 Å². The molecule has 204 valence electrons. The van der Waals surface area contributed by atoms with E-state index in [1.165, 1.54) is 6.66 Å².